The van der Waals surface area contributed by atoms with Crippen molar-refractivity contribution in [3.8, 4) is 0 Å². The second-order valence-corrected chi connectivity index (χ2v) is 5.70. The number of amides is 1. The van der Waals surface area contributed by atoms with Gasteiger partial charge in [-0.2, -0.15) is 11.3 Å². The molecule has 0 fully saturated rings. The van der Waals surface area contributed by atoms with Gasteiger partial charge >= 0.3 is 5.97 Å². The SMILES string of the molecule is Cc1ccc(NC(=O)[C@H](C)OC(=O)/C=C/c2ccsc2)cc1F. The molecule has 23 heavy (non-hydrogen) atoms. The second kappa shape index (κ2) is 7.69. The minimum atomic E-state index is -0.987. The number of thiophene rings is 1. The Balaban J connectivity index is 1.89. The van der Waals surface area contributed by atoms with Gasteiger partial charge in [0.25, 0.3) is 5.91 Å². The average Bonchev–Trinajstić information content (AvgIpc) is 3.02. The summed E-state index contributed by atoms with van der Waals surface area (Å²) in [5.74, 6) is -1.55. The summed E-state index contributed by atoms with van der Waals surface area (Å²) in [5.41, 5.74) is 1.69. The van der Waals surface area contributed by atoms with E-state index < -0.39 is 23.8 Å². The van der Waals surface area contributed by atoms with Crippen molar-refractivity contribution < 1.29 is 18.7 Å². The van der Waals surface area contributed by atoms with Crippen LogP contribution in [0, 0.1) is 12.7 Å². The van der Waals surface area contributed by atoms with Crippen molar-refractivity contribution in [1.82, 2.24) is 0 Å². The van der Waals surface area contributed by atoms with Gasteiger partial charge in [0, 0.05) is 11.8 Å². The van der Waals surface area contributed by atoms with E-state index in [2.05, 4.69) is 5.32 Å². The first-order chi connectivity index (χ1) is 11.0. The summed E-state index contributed by atoms with van der Waals surface area (Å²) in [5, 5.41) is 6.28. The number of aryl methyl sites for hydroxylation is 1. The lowest BCUT2D eigenvalue weighted by atomic mass is 10.2. The first-order valence-corrected chi connectivity index (χ1v) is 7.88. The van der Waals surface area contributed by atoms with Gasteiger partial charge in [0.15, 0.2) is 6.10 Å². The summed E-state index contributed by atoms with van der Waals surface area (Å²) < 4.78 is 18.4. The molecule has 0 saturated carbocycles. The lowest BCUT2D eigenvalue weighted by Crippen LogP contribution is -2.29. The average molecular weight is 333 g/mol. The Morgan fingerprint density at radius 1 is 1.35 bits per heavy atom. The van der Waals surface area contributed by atoms with Crippen molar-refractivity contribution in [3.63, 3.8) is 0 Å². The summed E-state index contributed by atoms with van der Waals surface area (Å²) in [6.45, 7) is 3.08. The lowest BCUT2D eigenvalue weighted by Gasteiger charge is -2.12. The van der Waals surface area contributed by atoms with Crippen molar-refractivity contribution in [2.45, 2.75) is 20.0 Å². The summed E-state index contributed by atoms with van der Waals surface area (Å²) in [6, 6.07) is 6.22. The van der Waals surface area contributed by atoms with Crippen LogP contribution in [0.4, 0.5) is 10.1 Å². The Morgan fingerprint density at radius 3 is 2.78 bits per heavy atom. The number of rotatable bonds is 5. The Bertz CT molecular complexity index is 725. The normalized spacial score (nSPS) is 12.1. The van der Waals surface area contributed by atoms with Gasteiger partial charge in [-0.25, -0.2) is 9.18 Å². The van der Waals surface area contributed by atoms with Crippen LogP contribution in [0.15, 0.2) is 41.1 Å². The third-order valence-corrected chi connectivity index (χ3v) is 3.76. The number of nitrogens with one attached hydrogen (secondary N) is 1. The summed E-state index contributed by atoms with van der Waals surface area (Å²) in [6.07, 6.45) is 1.88. The van der Waals surface area contributed by atoms with E-state index in [0.717, 1.165) is 5.56 Å². The van der Waals surface area contributed by atoms with Crippen LogP contribution in [0.1, 0.15) is 18.1 Å². The zero-order chi connectivity index (χ0) is 16.8. The molecule has 0 aliphatic rings. The van der Waals surface area contributed by atoms with Crippen molar-refractivity contribution >= 4 is 35.0 Å². The fourth-order valence-electron chi connectivity index (χ4n) is 1.72. The molecule has 4 nitrogen and oxygen atoms in total. The van der Waals surface area contributed by atoms with Crippen molar-refractivity contribution in [2.24, 2.45) is 0 Å². The molecule has 1 aromatic carbocycles. The molecule has 1 aromatic heterocycles. The smallest absolute Gasteiger partial charge is 0.331 e. The molecule has 2 aromatic rings. The van der Waals surface area contributed by atoms with Gasteiger partial charge < -0.3 is 10.1 Å². The Labute approximate surface area is 137 Å². The number of hydrogen-bond donors (Lipinski definition) is 1. The van der Waals surface area contributed by atoms with E-state index in [1.54, 1.807) is 25.1 Å². The molecule has 1 amide bonds. The van der Waals surface area contributed by atoms with Crippen molar-refractivity contribution in [2.75, 3.05) is 5.32 Å². The summed E-state index contributed by atoms with van der Waals surface area (Å²) >= 11 is 1.52. The number of hydrogen-bond acceptors (Lipinski definition) is 4. The molecule has 0 aliphatic carbocycles. The van der Waals surface area contributed by atoms with Crippen LogP contribution in [-0.2, 0) is 14.3 Å². The second-order valence-electron chi connectivity index (χ2n) is 4.92. The molecule has 6 heteroatoms. The minimum absolute atomic E-state index is 0.315. The van der Waals surface area contributed by atoms with Crippen molar-refractivity contribution in [3.05, 3.63) is 58.0 Å². The van der Waals surface area contributed by atoms with Crippen LogP contribution in [0.5, 0.6) is 0 Å². The van der Waals surface area contributed by atoms with Crippen LogP contribution >= 0.6 is 11.3 Å². The summed E-state index contributed by atoms with van der Waals surface area (Å²) in [7, 11) is 0. The number of carbonyl (C=O) groups excluding carboxylic acids is 2. The van der Waals surface area contributed by atoms with Gasteiger partial charge in [0.1, 0.15) is 5.82 Å². The van der Waals surface area contributed by atoms with Gasteiger partial charge in [-0.1, -0.05) is 6.07 Å². The number of carbonyl (C=O) groups is 2. The van der Waals surface area contributed by atoms with Crippen LogP contribution in [0.25, 0.3) is 6.08 Å². The highest BCUT2D eigenvalue weighted by Gasteiger charge is 2.17. The van der Waals surface area contributed by atoms with E-state index in [4.69, 9.17) is 4.74 Å². The molecular weight excluding hydrogens is 317 g/mol. The van der Waals surface area contributed by atoms with Crippen LogP contribution in [0.3, 0.4) is 0 Å². The Morgan fingerprint density at radius 2 is 2.13 bits per heavy atom. The zero-order valence-electron chi connectivity index (χ0n) is 12.7. The predicted octanol–water partition coefficient (Wildman–Crippen LogP) is 3.78. The molecule has 0 aliphatic heterocycles. The molecular formula is C17H16FNO3S. The van der Waals surface area contributed by atoms with Gasteiger partial charge in [-0.3, -0.25) is 4.79 Å². The predicted molar refractivity (Wildman–Crippen MR) is 88.7 cm³/mol. The highest BCUT2D eigenvalue weighted by atomic mass is 32.1. The minimum Gasteiger partial charge on any atom is -0.449 e. The number of benzene rings is 1. The van der Waals surface area contributed by atoms with E-state index in [1.807, 2.05) is 16.8 Å². The Hall–Kier alpha value is -2.47. The van der Waals surface area contributed by atoms with Crippen LogP contribution < -0.4 is 5.32 Å². The van der Waals surface area contributed by atoms with Crippen molar-refractivity contribution in [1.29, 1.82) is 0 Å². The topological polar surface area (TPSA) is 55.4 Å². The maximum Gasteiger partial charge on any atom is 0.331 e. The summed E-state index contributed by atoms with van der Waals surface area (Å²) in [4.78, 5) is 23.6. The fourth-order valence-corrected chi connectivity index (χ4v) is 2.34. The molecule has 1 heterocycles. The van der Waals surface area contributed by atoms with Gasteiger partial charge in [-0.15, -0.1) is 0 Å². The standard InChI is InChI=1S/C17H16FNO3S/c1-11-3-5-14(9-15(11)18)19-17(21)12(2)22-16(20)6-4-13-7-8-23-10-13/h3-10,12H,1-2H3,(H,19,21)/b6-4+/t12-/m0/s1. The van der Waals surface area contributed by atoms with E-state index in [1.165, 1.54) is 30.4 Å². The van der Waals surface area contributed by atoms with Gasteiger partial charge in [0.05, 0.1) is 0 Å². The third-order valence-electron chi connectivity index (χ3n) is 3.06. The van der Waals surface area contributed by atoms with E-state index >= 15 is 0 Å². The number of anilines is 1. The maximum atomic E-state index is 13.4. The fraction of sp³-hybridized carbons (Fsp3) is 0.176. The molecule has 0 unspecified atom stereocenters. The van der Waals surface area contributed by atoms with E-state index in [-0.39, 0.29) is 0 Å². The maximum absolute atomic E-state index is 13.4. The lowest BCUT2D eigenvalue weighted by molar-refractivity contribution is -0.148. The Kier molecular flexibility index (Phi) is 5.65. The number of ether oxygens (including phenoxy) is 1. The molecule has 0 bridgehead atoms. The van der Waals surface area contributed by atoms with Gasteiger partial charge in [-0.05, 0) is 60.0 Å². The molecule has 0 saturated heterocycles. The number of esters is 1. The van der Waals surface area contributed by atoms with E-state index in [9.17, 15) is 14.0 Å². The third kappa shape index (κ3) is 5.03. The zero-order valence-corrected chi connectivity index (χ0v) is 13.5. The molecule has 1 N–H and O–H groups in total. The van der Waals surface area contributed by atoms with Gasteiger partial charge in [0.2, 0.25) is 0 Å². The molecule has 120 valence electrons. The number of halogens is 1. The molecule has 1 atom stereocenters. The first-order valence-electron chi connectivity index (χ1n) is 6.93. The monoisotopic (exact) mass is 333 g/mol. The van der Waals surface area contributed by atoms with E-state index in [0.29, 0.717) is 11.3 Å². The largest absolute Gasteiger partial charge is 0.449 e. The first kappa shape index (κ1) is 16.9. The molecule has 0 radical (unpaired) electrons. The van der Waals surface area contributed by atoms with Crippen LogP contribution in [0.2, 0.25) is 0 Å². The molecule has 2 rings (SSSR count). The quantitative estimate of drug-likeness (QED) is 0.669. The highest BCUT2D eigenvalue weighted by Crippen LogP contribution is 2.14. The van der Waals surface area contributed by atoms with Crippen LogP contribution in [-0.4, -0.2) is 18.0 Å². The molecule has 0 spiro atoms. The highest BCUT2D eigenvalue weighted by molar-refractivity contribution is 7.08.